The lowest BCUT2D eigenvalue weighted by atomic mass is 10.00. The molecule has 0 spiro atoms. The molecule has 7 nitrogen and oxygen atoms in total. The normalized spacial score (nSPS) is 14.1. The number of nitrogens with one attached hydrogen (secondary N) is 1. The van der Waals surface area contributed by atoms with Gasteiger partial charge in [0.25, 0.3) is 0 Å². The van der Waals surface area contributed by atoms with Gasteiger partial charge in [0.15, 0.2) is 23.1 Å². The van der Waals surface area contributed by atoms with E-state index in [0.717, 1.165) is 34.3 Å². The Kier molecular flexibility index (Phi) is 7.79. The largest absolute Gasteiger partial charge is 0.494 e. The number of piperazine rings is 1. The third kappa shape index (κ3) is 5.88. The Labute approximate surface area is 225 Å². The molecule has 9 heteroatoms. The second kappa shape index (κ2) is 11.6. The number of fused-ring (bicyclic) bond motifs is 1. The van der Waals surface area contributed by atoms with Crippen LogP contribution in [0.4, 0.5) is 8.78 Å². The Hall–Kier alpha value is -4.37. The van der Waals surface area contributed by atoms with Gasteiger partial charge in [0.05, 0.1) is 32.0 Å². The molecule has 1 amide bonds. The summed E-state index contributed by atoms with van der Waals surface area (Å²) in [7, 11) is 2.65. The number of benzene rings is 2. The number of nitrogens with zero attached hydrogens (tertiary/aromatic N) is 3. The van der Waals surface area contributed by atoms with Gasteiger partial charge in [-0.1, -0.05) is 24.3 Å². The summed E-state index contributed by atoms with van der Waals surface area (Å²) in [5, 5.41) is 4.49. The van der Waals surface area contributed by atoms with Gasteiger partial charge in [0, 0.05) is 55.6 Å². The van der Waals surface area contributed by atoms with Gasteiger partial charge in [-0.15, -0.1) is 0 Å². The highest BCUT2D eigenvalue weighted by atomic mass is 19.1. The van der Waals surface area contributed by atoms with Crippen LogP contribution in [0.5, 0.6) is 11.5 Å². The van der Waals surface area contributed by atoms with E-state index in [1.807, 2.05) is 42.6 Å². The quantitative estimate of drug-likeness (QED) is 0.353. The minimum absolute atomic E-state index is 0.0526. The second-order valence-electron chi connectivity index (χ2n) is 9.28. The molecule has 5 rings (SSSR count). The Morgan fingerprint density at radius 3 is 2.46 bits per heavy atom. The third-order valence-corrected chi connectivity index (χ3v) is 6.63. The number of halogens is 2. The molecule has 0 radical (unpaired) electrons. The highest BCUT2D eigenvalue weighted by molar-refractivity contribution is 5.87. The molecule has 1 saturated heterocycles. The maximum absolute atomic E-state index is 15.0. The molecule has 0 atom stereocenters. The zero-order chi connectivity index (χ0) is 27.4. The Bertz CT molecular complexity index is 1510. The highest BCUT2D eigenvalue weighted by Crippen LogP contribution is 2.38. The average Bonchev–Trinajstić information content (AvgIpc) is 2.94. The van der Waals surface area contributed by atoms with Crippen LogP contribution in [0.15, 0.2) is 60.9 Å². The summed E-state index contributed by atoms with van der Waals surface area (Å²) in [5.74, 6) is -1.71. The van der Waals surface area contributed by atoms with Crippen molar-refractivity contribution >= 4 is 22.8 Å². The van der Waals surface area contributed by atoms with Crippen LogP contribution >= 0.6 is 0 Å². The van der Waals surface area contributed by atoms with Gasteiger partial charge in [0.1, 0.15) is 0 Å². The molecule has 0 unspecified atom stereocenters. The first-order chi connectivity index (χ1) is 18.9. The van der Waals surface area contributed by atoms with E-state index in [1.54, 1.807) is 18.3 Å². The van der Waals surface area contributed by atoms with Gasteiger partial charge in [-0.2, -0.15) is 0 Å². The molecule has 3 heterocycles. The van der Waals surface area contributed by atoms with Crippen LogP contribution in [0.2, 0.25) is 0 Å². The van der Waals surface area contributed by atoms with Gasteiger partial charge in [-0.05, 0) is 40.8 Å². The van der Waals surface area contributed by atoms with E-state index in [0.29, 0.717) is 31.6 Å². The van der Waals surface area contributed by atoms with Crippen LogP contribution in [-0.2, 0) is 17.8 Å². The van der Waals surface area contributed by atoms with Crippen LogP contribution < -0.4 is 14.8 Å². The zero-order valence-electron chi connectivity index (χ0n) is 21.7. The van der Waals surface area contributed by atoms with Crippen LogP contribution in [0.3, 0.4) is 0 Å². The molecule has 0 bridgehead atoms. The van der Waals surface area contributed by atoms with Crippen molar-refractivity contribution in [3.05, 3.63) is 89.5 Å². The lowest BCUT2D eigenvalue weighted by molar-refractivity contribution is -0.124. The molecule has 0 aliphatic carbocycles. The third-order valence-electron chi connectivity index (χ3n) is 6.63. The van der Waals surface area contributed by atoms with Crippen molar-refractivity contribution in [2.75, 3.05) is 33.9 Å². The van der Waals surface area contributed by atoms with Crippen molar-refractivity contribution in [3.8, 4) is 22.6 Å². The number of carbonyl (C=O) groups excluding carboxylic acids is 1. The molecule has 39 heavy (non-hydrogen) atoms. The molecule has 1 fully saturated rings. The highest BCUT2D eigenvalue weighted by Gasteiger charge is 2.21. The maximum atomic E-state index is 15.0. The Balaban J connectivity index is 1.27. The lowest BCUT2D eigenvalue weighted by Crippen LogP contribution is -2.47. The zero-order valence-corrected chi connectivity index (χ0v) is 21.7. The number of allylic oxidation sites excluding steroid dienone is 1. The standard InChI is InChI=1S/C30H28F2N4O3/c1-38-25-14-26(39-2)30(32)28(29(25)31)21-8-7-20-13-24(35-16-22(20)12-21)5-3-4-23-9-6-19(15-34-23)17-36-11-10-33-27(37)18-36/h3-4,6-9,12-16H,5,10-11,17-18H2,1-2H3,(H,33,37). The first-order valence-electron chi connectivity index (χ1n) is 12.5. The minimum Gasteiger partial charge on any atom is -0.494 e. The van der Waals surface area contributed by atoms with Gasteiger partial charge in [0.2, 0.25) is 5.91 Å². The fraction of sp³-hybridized carbons (Fsp3) is 0.233. The Morgan fingerprint density at radius 1 is 0.974 bits per heavy atom. The number of aromatic nitrogens is 2. The average molecular weight is 531 g/mol. The molecule has 200 valence electrons. The second-order valence-corrected chi connectivity index (χ2v) is 9.28. The topological polar surface area (TPSA) is 76.6 Å². The lowest BCUT2D eigenvalue weighted by Gasteiger charge is -2.26. The number of hydrogen-bond donors (Lipinski definition) is 1. The number of hydrogen-bond acceptors (Lipinski definition) is 6. The molecule has 1 aliphatic rings. The summed E-state index contributed by atoms with van der Waals surface area (Å²) < 4.78 is 40.0. The number of amides is 1. The van der Waals surface area contributed by atoms with Gasteiger partial charge >= 0.3 is 0 Å². The fourth-order valence-electron chi connectivity index (χ4n) is 4.61. The summed E-state index contributed by atoms with van der Waals surface area (Å²) in [6.45, 7) is 2.60. The molecular formula is C30H28F2N4O3. The number of methoxy groups -OCH3 is 2. The van der Waals surface area contributed by atoms with Crippen molar-refractivity contribution in [2.45, 2.75) is 13.0 Å². The van der Waals surface area contributed by atoms with E-state index in [4.69, 9.17) is 9.47 Å². The molecule has 1 aliphatic heterocycles. The van der Waals surface area contributed by atoms with Crippen molar-refractivity contribution in [2.24, 2.45) is 0 Å². The van der Waals surface area contributed by atoms with E-state index in [2.05, 4.69) is 20.2 Å². The van der Waals surface area contributed by atoms with E-state index < -0.39 is 11.6 Å². The van der Waals surface area contributed by atoms with Crippen LogP contribution in [0.1, 0.15) is 17.0 Å². The number of pyridine rings is 2. The first-order valence-corrected chi connectivity index (χ1v) is 12.5. The van der Waals surface area contributed by atoms with E-state index in [9.17, 15) is 13.6 Å². The predicted molar refractivity (Wildman–Crippen MR) is 145 cm³/mol. The fourth-order valence-corrected chi connectivity index (χ4v) is 4.61. The van der Waals surface area contributed by atoms with Crippen molar-refractivity contribution in [3.63, 3.8) is 0 Å². The Morgan fingerprint density at radius 2 is 1.77 bits per heavy atom. The molecule has 2 aromatic heterocycles. The number of rotatable bonds is 8. The summed E-state index contributed by atoms with van der Waals surface area (Å²) >= 11 is 0. The van der Waals surface area contributed by atoms with Gasteiger partial charge in [-0.25, -0.2) is 8.78 Å². The molecule has 4 aromatic rings. The minimum atomic E-state index is -0.787. The number of carbonyl (C=O) groups is 1. The van der Waals surface area contributed by atoms with Crippen LogP contribution in [-0.4, -0.2) is 54.6 Å². The maximum Gasteiger partial charge on any atom is 0.234 e. The molecule has 2 aromatic carbocycles. The summed E-state index contributed by atoms with van der Waals surface area (Å²) in [6, 6.07) is 12.3. The summed E-state index contributed by atoms with van der Waals surface area (Å²) in [4.78, 5) is 22.7. The summed E-state index contributed by atoms with van der Waals surface area (Å²) in [6.07, 6.45) is 8.06. The number of ether oxygens (including phenoxy) is 2. The van der Waals surface area contributed by atoms with Gasteiger partial charge in [-0.3, -0.25) is 19.7 Å². The van der Waals surface area contributed by atoms with Crippen molar-refractivity contribution < 1.29 is 23.0 Å². The first kappa shape index (κ1) is 26.2. The smallest absolute Gasteiger partial charge is 0.234 e. The van der Waals surface area contributed by atoms with Crippen LogP contribution in [0, 0.1) is 11.6 Å². The SMILES string of the molecule is COc1cc(OC)c(F)c(-c2ccc3cc(CC=Cc4ccc(CN5CCNC(=O)C5)cn4)ncc3c2)c1F. The molecule has 1 N–H and O–H groups in total. The molecule has 0 saturated carbocycles. The van der Waals surface area contributed by atoms with Crippen molar-refractivity contribution in [1.82, 2.24) is 20.2 Å². The molecular weight excluding hydrogens is 502 g/mol. The summed E-state index contributed by atoms with van der Waals surface area (Å²) in [5.41, 5.74) is 2.90. The van der Waals surface area contributed by atoms with E-state index >= 15 is 0 Å². The van der Waals surface area contributed by atoms with E-state index in [1.165, 1.54) is 20.3 Å². The predicted octanol–water partition coefficient (Wildman–Crippen LogP) is 4.78. The van der Waals surface area contributed by atoms with Gasteiger partial charge < -0.3 is 14.8 Å². The monoisotopic (exact) mass is 530 g/mol. The van der Waals surface area contributed by atoms with Crippen LogP contribution in [0.25, 0.3) is 28.0 Å². The van der Waals surface area contributed by atoms with Crippen molar-refractivity contribution in [1.29, 1.82) is 0 Å². The van der Waals surface area contributed by atoms with E-state index in [-0.39, 0.29) is 23.0 Å².